The number of hydrogen-bond donors (Lipinski definition) is 4. The van der Waals surface area contributed by atoms with E-state index in [2.05, 4.69) is 15.1 Å². The normalized spacial score (nSPS) is 25.5. The number of nitrogens with one attached hydrogen (secondary N) is 2. The molecule has 17 heteroatoms. The van der Waals surface area contributed by atoms with Crippen molar-refractivity contribution in [3.63, 3.8) is 0 Å². The molecular formula is C20H25N6O10P. The standard InChI is InChI=1S/C20H25N6O10P/c1-3-33-18(30)12(2)23-37(32,36-13-7-5-4-6-8-13)34-11-20(24-25-21)16(29)15(28)17(35-20)26-10-9-14(27)22-19(26)31/h4-10,12,15-17,28-29H,3,11H2,1-2H3,(H,23,32)(H,22,27,31)/t12-,15+,16-,17+,20+,37?/m0/s1. The lowest BCUT2D eigenvalue weighted by atomic mass is 10.1. The lowest BCUT2D eigenvalue weighted by Gasteiger charge is -2.29. The van der Waals surface area contributed by atoms with E-state index < -0.39 is 61.8 Å². The molecule has 1 saturated heterocycles. The molecule has 3 rings (SSSR count). The second-order valence-corrected chi connectivity index (χ2v) is 9.47. The van der Waals surface area contributed by atoms with Crippen LogP contribution in [0.1, 0.15) is 20.1 Å². The Labute approximate surface area is 209 Å². The molecule has 6 atom stereocenters. The number of rotatable bonds is 11. The Hall–Kier alpha value is -3.49. The third kappa shape index (κ3) is 6.45. The summed E-state index contributed by atoms with van der Waals surface area (Å²) in [5, 5.41) is 27.1. The number of azide groups is 1. The fraction of sp³-hybridized carbons (Fsp3) is 0.450. The number of aromatic nitrogens is 2. The van der Waals surface area contributed by atoms with Crippen molar-refractivity contribution in [2.24, 2.45) is 5.11 Å². The van der Waals surface area contributed by atoms with E-state index in [0.717, 1.165) is 16.8 Å². The van der Waals surface area contributed by atoms with Crippen molar-refractivity contribution in [3.05, 3.63) is 73.9 Å². The fourth-order valence-corrected chi connectivity index (χ4v) is 4.89. The highest BCUT2D eigenvalue weighted by molar-refractivity contribution is 7.52. The van der Waals surface area contributed by atoms with Gasteiger partial charge in [0.15, 0.2) is 6.23 Å². The molecule has 1 unspecified atom stereocenters. The van der Waals surface area contributed by atoms with Crippen LogP contribution in [0, 0.1) is 0 Å². The minimum absolute atomic E-state index is 0.0545. The van der Waals surface area contributed by atoms with Crippen molar-refractivity contribution < 1.29 is 38.1 Å². The minimum Gasteiger partial charge on any atom is -0.465 e. The monoisotopic (exact) mass is 540 g/mol. The Kier molecular flexibility index (Phi) is 8.89. The number of nitrogens with zero attached hydrogens (tertiary/aromatic N) is 4. The van der Waals surface area contributed by atoms with Crippen molar-refractivity contribution in [2.75, 3.05) is 13.2 Å². The molecule has 0 spiro atoms. The van der Waals surface area contributed by atoms with Crippen LogP contribution >= 0.6 is 7.75 Å². The Morgan fingerprint density at radius 3 is 2.68 bits per heavy atom. The molecule has 0 radical (unpaired) electrons. The van der Waals surface area contributed by atoms with Gasteiger partial charge in [0, 0.05) is 17.2 Å². The van der Waals surface area contributed by atoms with E-state index in [0.29, 0.717) is 0 Å². The Bertz CT molecular complexity index is 1310. The number of aliphatic hydroxyl groups excluding tert-OH is 2. The lowest BCUT2D eigenvalue weighted by Crippen LogP contribution is -2.45. The van der Waals surface area contributed by atoms with Gasteiger partial charge in [-0.1, -0.05) is 23.3 Å². The van der Waals surface area contributed by atoms with Gasteiger partial charge in [0.25, 0.3) is 5.56 Å². The molecule has 2 aromatic rings. The summed E-state index contributed by atoms with van der Waals surface area (Å²) >= 11 is 0. The number of aliphatic hydroxyl groups is 2. The molecule has 1 fully saturated rings. The van der Waals surface area contributed by atoms with Crippen molar-refractivity contribution in [2.45, 2.75) is 44.1 Å². The second-order valence-electron chi connectivity index (χ2n) is 7.77. The second kappa shape index (κ2) is 11.7. The Morgan fingerprint density at radius 2 is 2.05 bits per heavy atom. The van der Waals surface area contributed by atoms with Gasteiger partial charge in [0.05, 0.1) is 13.2 Å². The van der Waals surface area contributed by atoms with Gasteiger partial charge in [0.1, 0.15) is 24.0 Å². The molecule has 2 heterocycles. The van der Waals surface area contributed by atoms with Crippen LogP contribution < -0.4 is 20.9 Å². The molecule has 16 nitrogen and oxygen atoms in total. The third-order valence-electron chi connectivity index (χ3n) is 5.14. The molecule has 1 aromatic carbocycles. The summed E-state index contributed by atoms with van der Waals surface area (Å²) in [6, 6.07) is 7.55. The number of H-pyrrole nitrogens is 1. The van der Waals surface area contributed by atoms with Gasteiger partial charge in [0.2, 0.25) is 5.72 Å². The Morgan fingerprint density at radius 1 is 1.35 bits per heavy atom. The van der Waals surface area contributed by atoms with Gasteiger partial charge in [-0.25, -0.2) is 9.36 Å². The largest absolute Gasteiger partial charge is 0.465 e. The first-order valence-electron chi connectivity index (χ1n) is 10.9. The van der Waals surface area contributed by atoms with Crippen LogP contribution in [-0.2, 0) is 23.4 Å². The van der Waals surface area contributed by atoms with E-state index in [9.17, 15) is 29.2 Å². The first-order valence-corrected chi connectivity index (χ1v) is 12.4. The summed E-state index contributed by atoms with van der Waals surface area (Å²) in [5.74, 6) is -0.685. The third-order valence-corrected chi connectivity index (χ3v) is 6.77. The molecule has 37 heavy (non-hydrogen) atoms. The number of carbonyl (C=O) groups is 1. The molecule has 0 aliphatic carbocycles. The maximum atomic E-state index is 13.6. The van der Waals surface area contributed by atoms with Crippen molar-refractivity contribution in [1.29, 1.82) is 0 Å². The maximum absolute atomic E-state index is 13.6. The average Bonchev–Trinajstić information content (AvgIpc) is 3.09. The number of esters is 1. The van der Waals surface area contributed by atoms with E-state index in [1.54, 1.807) is 25.1 Å². The number of carbonyl (C=O) groups excluding carboxylic acids is 1. The summed E-state index contributed by atoms with van der Waals surface area (Å²) in [5.41, 5.74) is 5.01. The summed E-state index contributed by atoms with van der Waals surface area (Å²) in [4.78, 5) is 40.3. The van der Waals surface area contributed by atoms with Crippen LogP contribution in [0.25, 0.3) is 10.4 Å². The fourth-order valence-electron chi connectivity index (χ4n) is 3.37. The average molecular weight is 540 g/mol. The van der Waals surface area contributed by atoms with E-state index >= 15 is 0 Å². The molecule has 0 amide bonds. The maximum Gasteiger partial charge on any atom is 0.459 e. The topological polar surface area (TPSA) is 227 Å². The lowest BCUT2D eigenvalue weighted by molar-refractivity contribution is -0.144. The van der Waals surface area contributed by atoms with Gasteiger partial charge in [-0.2, -0.15) is 5.09 Å². The number of benzene rings is 1. The SMILES string of the molecule is CCOC(=O)[C@H](C)NP(=O)(OC[C@@]1(N=[N+]=[N-])O[C@@H](n2ccc(=O)[nH]c2=O)[C@H](O)[C@@H]1O)Oc1ccccc1. The summed E-state index contributed by atoms with van der Waals surface area (Å²) < 4.78 is 35.8. The minimum atomic E-state index is -4.47. The van der Waals surface area contributed by atoms with E-state index in [1.165, 1.54) is 19.1 Å². The van der Waals surface area contributed by atoms with Crippen LogP contribution in [0.5, 0.6) is 5.75 Å². The Balaban J connectivity index is 1.91. The quantitative estimate of drug-likeness (QED) is 0.101. The number of ether oxygens (including phenoxy) is 2. The zero-order chi connectivity index (χ0) is 27.2. The van der Waals surface area contributed by atoms with Crippen molar-refractivity contribution in [1.82, 2.24) is 14.6 Å². The zero-order valence-electron chi connectivity index (χ0n) is 19.7. The van der Waals surface area contributed by atoms with Crippen molar-refractivity contribution >= 4 is 13.7 Å². The number of hydrogen-bond acceptors (Lipinski definition) is 11. The van der Waals surface area contributed by atoms with Crippen LogP contribution in [-0.4, -0.2) is 62.9 Å². The highest BCUT2D eigenvalue weighted by Gasteiger charge is 2.56. The van der Waals surface area contributed by atoms with Crippen LogP contribution in [0.4, 0.5) is 0 Å². The summed E-state index contributed by atoms with van der Waals surface area (Å²) in [6.45, 7) is 2.02. The van der Waals surface area contributed by atoms with Gasteiger partial charge in [-0.05, 0) is 31.5 Å². The van der Waals surface area contributed by atoms with E-state index in [-0.39, 0.29) is 12.4 Å². The molecular weight excluding hydrogens is 515 g/mol. The highest BCUT2D eigenvalue weighted by Crippen LogP contribution is 2.48. The predicted molar refractivity (Wildman–Crippen MR) is 125 cm³/mol. The molecule has 200 valence electrons. The highest BCUT2D eigenvalue weighted by atomic mass is 31.2. The number of para-hydroxylation sites is 1. The van der Waals surface area contributed by atoms with E-state index in [1.807, 2.05) is 4.98 Å². The zero-order valence-corrected chi connectivity index (χ0v) is 20.6. The molecule has 0 bridgehead atoms. The van der Waals surface area contributed by atoms with Crippen molar-refractivity contribution in [3.8, 4) is 5.75 Å². The van der Waals surface area contributed by atoms with Gasteiger partial charge < -0.3 is 24.2 Å². The molecule has 1 aliphatic rings. The smallest absolute Gasteiger partial charge is 0.459 e. The molecule has 1 aliphatic heterocycles. The van der Waals surface area contributed by atoms with Crippen LogP contribution in [0.3, 0.4) is 0 Å². The first kappa shape index (κ1) is 28.1. The van der Waals surface area contributed by atoms with E-state index in [4.69, 9.17) is 24.1 Å². The number of aromatic amines is 1. The summed E-state index contributed by atoms with van der Waals surface area (Å²) in [7, 11) is -4.47. The summed E-state index contributed by atoms with van der Waals surface area (Å²) in [6.07, 6.45) is -4.46. The van der Waals surface area contributed by atoms with Crippen LogP contribution in [0.15, 0.2) is 57.3 Å². The van der Waals surface area contributed by atoms with Gasteiger partial charge >= 0.3 is 19.4 Å². The van der Waals surface area contributed by atoms with Gasteiger partial charge in [-0.3, -0.25) is 23.7 Å². The molecule has 4 N–H and O–H groups in total. The molecule has 1 aromatic heterocycles. The van der Waals surface area contributed by atoms with Gasteiger partial charge in [-0.15, -0.1) is 0 Å². The first-order chi connectivity index (χ1) is 17.5. The predicted octanol–water partition coefficient (Wildman–Crippen LogP) is 0.539. The molecule has 0 saturated carbocycles. The van der Waals surface area contributed by atoms with Crippen LogP contribution in [0.2, 0.25) is 0 Å².